The van der Waals surface area contributed by atoms with E-state index in [1.807, 2.05) is 48.5 Å². The van der Waals surface area contributed by atoms with Gasteiger partial charge in [0.05, 0.1) is 22.5 Å². The number of carbonyl (C=O) groups excluding carboxylic acids is 1. The smallest absolute Gasteiger partial charge is 0.290 e. The summed E-state index contributed by atoms with van der Waals surface area (Å²) >= 11 is 1.57. The second-order valence-corrected chi connectivity index (χ2v) is 8.91. The number of amides is 1. The molecule has 4 aromatic rings. The van der Waals surface area contributed by atoms with E-state index in [2.05, 4.69) is 4.98 Å². The molecule has 7 heteroatoms. The molecule has 4 rings (SSSR count). The summed E-state index contributed by atoms with van der Waals surface area (Å²) in [7, 11) is 0.650. The Labute approximate surface area is 163 Å². The topological polar surface area (TPSA) is 63.4 Å². The maximum Gasteiger partial charge on any atom is 0.290 e. The molecule has 2 heterocycles. The van der Waals surface area contributed by atoms with Crippen LogP contribution in [0.5, 0.6) is 0 Å². The van der Waals surface area contributed by atoms with Crippen LogP contribution in [-0.2, 0) is 23.1 Å². The number of hydrogen-bond acceptors (Lipinski definition) is 5. The summed E-state index contributed by atoms with van der Waals surface area (Å²) in [5, 5.41) is 1.70. The van der Waals surface area contributed by atoms with E-state index < -0.39 is 10.8 Å². The summed E-state index contributed by atoms with van der Waals surface area (Å²) in [6, 6.07) is 15.4. The van der Waals surface area contributed by atoms with E-state index in [0.717, 1.165) is 20.6 Å². The van der Waals surface area contributed by atoms with Gasteiger partial charge >= 0.3 is 0 Å². The standard InChI is InChI=1S/C20H18N2O3S2/c1-22(11-18-21-15-8-4-6-10-17(15)26-18)20(23)19-14(12-27(2)24)13-7-3-5-9-16(13)25-19/h3-10H,11-12H2,1-2H3/t27-/m1/s1. The quantitative estimate of drug-likeness (QED) is 0.506. The SMILES string of the molecule is CN(Cc1nc2ccccc2s1)C(=O)c1oc2ccccc2c1C[S@@](C)=O. The number of fused-ring (bicyclic) bond motifs is 2. The fraction of sp³-hybridized carbons (Fsp3) is 0.200. The molecule has 0 radical (unpaired) electrons. The molecule has 27 heavy (non-hydrogen) atoms. The lowest BCUT2D eigenvalue weighted by molar-refractivity contribution is 0.0754. The molecule has 0 fully saturated rings. The van der Waals surface area contributed by atoms with Gasteiger partial charge in [-0.25, -0.2) is 4.98 Å². The molecule has 0 bridgehead atoms. The van der Waals surface area contributed by atoms with Crippen molar-refractivity contribution in [3.63, 3.8) is 0 Å². The summed E-state index contributed by atoms with van der Waals surface area (Å²) in [5.41, 5.74) is 2.27. The van der Waals surface area contributed by atoms with Crippen molar-refractivity contribution in [1.82, 2.24) is 9.88 Å². The number of nitrogens with zero attached hydrogens (tertiary/aromatic N) is 2. The molecule has 0 aliphatic carbocycles. The van der Waals surface area contributed by atoms with E-state index in [-0.39, 0.29) is 17.4 Å². The summed E-state index contributed by atoms with van der Waals surface area (Å²) < 4.78 is 18.8. The predicted molar refractivity (Wildman–Crippen MR) is 109 cm³/mol. The molecule has 2 aromatic heterocycles. The number of hydrogen-bond donors (Lipinski definition) is 0. The highest BCUT2D eigenvalue weighted by Crippen LogP contribution is 2.29. The Bertz CT molecular complexity index is 1130. The van der Waals surface area contributed by atoms with Crippen LogP contribution in [0.4, 0.5) is 0 Å². The van der Waals surface area contributed by atoms with E-state index >= 15 is 0 Å². The van der Waals surface area contributed by atoms with E-state index in [1.54, 1.807) is 29.5 Å². The molecule has 1 atom stereocenters. The molecule has 1 amide bonds. The van der Waals surface area contributed by atoms with Gasteiger partial charge in [0, 0.05) is 35.1 Å². The summed E-state index contributed by atoms with van der Waals surface area (Å²) in [4.78, 5) is 19.2. The number of thiazole rings is 1. The van der Waals surface area contributed by atoms with Crippen molar-refractivity contribution < 1.29 is 13.4 Å². The Morgan fingerprint density at radius 1 is 1.19 bits per heavy atom. The van der Waals surface area contributed by atoms with Crippen molar-refractivity contribution >= 4 is 49.2 Å². The molecule has 0 saturated heterocycles. The first-order valence-electron chi connectivity index (χ1n) is 8.43. The molecule has 2 aromatic carbocycles. The third kappa shape index (κ3) is 3.52. The number of carbonyl (C=O) groups is 1. The van der Waals surface area contributed by atoms with Gasteiger partial charge in [0.25, 0.3) is 5.91 Å². The van der Waals surface area contributed by atoms with Gasteiger partial charge in [-0.2, -0.15) is 0 Å². The number of para-hydroxylation sites is 2. The maximum atomic E-state index is 13.0. The van der Waals surface area contributed by atoms with Gasteiger partial charge < -0.3 is 9.32 Å². The zero-order valence-corrected chi connectivity index (χ0v) is 16.6. The Balaban J connectivity index is 1.65. The van der Waals surface area contributed by atoms with Crippen LogP contribution in [-0.4, -0.2) is 33.3 Å². The van der Waals surface area contributed by atoms with Crippen LogP contribution >= 0.6 is 11.3 Å². The van der Waals surface area contributed by atoms with Crippen molar-refractivity contribution in [2.75, 3.05) is 13.3 Å². The van der Waals surface area contributed by atoms with E-state index in [9.17, 15) is 9.00 Å². The van der Waals surface area contributed by atoms with E-state index in [0.29, 0.717) is 17.7 Å². The molecule has 138 valence electrons. The number of aromatic nitrogens is 1. The lowest BCUT2D eigenvalue weighted by Gasteiger charge is -2.14. The Hall–Kier alpha value is -2.51. The van der Waals surface area contributed by atoms with Crippen LogP contribution in [0, 0.1) is 0 Å². The average molecular weight is 399 g/mol. The monoisotopic (exact) mass is 398 g/mol. The largest absolute Gasteiger partial charge is 0.451 e. The molecule has 0 N–H and O–H groups in total. The summed E-state index contributed by atoms with van der Waals surface area (Å²) in [6.45, 7) is 0.393. The van der Waals surface area contributed by atoms with Gasteiger partial charge in [-0.1, -0.05) is 30.3 Å². The van der Waals surface area contributed by atoms with Gasteiger partial charge in [-0.3, -0.25) is 9.00 Å². The minimum Gasteiger partial charge on any atom is -0.451 e. The van der Waals surface area contributed by atoms with Crippen LogP contribution in [0.25, 0.3) is 21.2 Å². The third-order valence-electron chi connectivity index (χ3n) is 4.30. The van der Waals surface area contributed by atoms with E-state index in [4.69, 9.17) is 4.42 Å². The van der Waals surface area contributed by atoms with Crippen molar-refractivity contribution in [3.05, 3.63) is 64.9 Å². The van der Waals surface area contributed by atoms with Gasteiger partial charge in [0.15, 0.2) is 5.76 Å². The third-order valence-corrected chi connectivity index (χ3v) is 6.01. The zero-order chi connectivity index (χ0) is 19.0. The van der Waals surface area contributed by atoms with Crippen LogP contribution in [0.1, 0.15) is 21.1 Å². The van der Waals surface area contributed by atoms with Gasteiger partial charge in [0.1, 0.15) is 10.6 Å². The maximum absolute atomic E-state index is 13.0. The molecule has 5 nitrogen and oxygen atoms in total. The molecule has 0 unspecified atom stereocenters. The second-order valence-electron chi connectivity index (χ2n) is 6.36. The molecular formula is C20H18N2O3S2. The lowest BCUT2D eigenvalue weighted by atomic mass is 10.1. The fourth-order valence-electron chi connectivity index (χ4n) is 3.05. The number of furan rings is 1. The molecular weight excluding hydrogens is 380 g/mol. The van der Waals surface area contributed by atoms with E-state index in [1.165, 1.54) is 0 Å². The Morgan fingerprint density at radius 3 is 2.70 bits per heavy atom. The van der Waals surface area contributed by atoms with Gasteiger partial charge in [-0.15, -0.1) is 11.3 Å². The first kappa shape index (κ1) is 17.9. The highest BCUT2D eigenvalue weighted by molar-refractivity contribution is 7.83. The van der Waals surface area contributed by atoms with Gasteiger partial charge in [-0.05, 0) is 18.2 Å². The fourth-order valence-corrected chi connectivity index (χ4v) is 4.77. The highest BCUT2D eigenvalue weighted by Gasteiger charge is 2.24. The average Bonchev–Trinajstić information content (AvgIpc) is 3.21. The Kier molecular flexibility index (Phi) is 4.80. The molecule has 0 aliphatic heterocycles. The first-order chi connectivity index (χ1) is 13.0. The van der Waals surface area contributed by atoms with Gasteiger partial charge in [0.2, 0.25) is 0 Å². The number of rotatable bonds is 5. The second kappa shape index (κ2) is 7.25. The number of benzene rings is 2. The van der Waals surface area contributed by atoms with Crippen molar-refractivity contribution in [3.8, 4) is 0 Å². The van der Waals surface area contributed by atoms with Crippen LogP contribution in [0.2, 0.25) is 0 Å². The highest BCUT2D eigenvalue weighted by atomic mass is 32.2. The molecule has 0 aliphatic rings. The van der Waals surface area contributed by atoms with Crippen molar-refractivity contribution in [1.29, 1.82) is 0 Å². The van der Waals surface area contributed by atoms with Crippen molar-refractivity contribution in [2.45, 2.75) is 12.3 Å². The minimum absolute atomic E-state index is 0.231. The normalized spacial score (nSPS) is 12.5. The summed E-state index contributed by atoms with van der Waals surface area (Å²) in [5.74, 6) is 0.313. The predicted octanol–water partition coefficient (Wildman–Crippen LogP) is 4.19. The Morgan fingerprint density at radius 2 is 1.93 bits per heavy atom. The summed E-state index contributed by atoms with van der Waals surface area (Å²) in [6.07, 6.45) is 1.63. The molecule has 0 spiro atoms. The first-order valence-corrected chi connectivity index (χ1v) is 11.0. The zero-order valence-electron chi connectivity index (χ0n) is 15.0. The van der Waals surface area contributed by atoms with Crippen molar-refractivity contribution in [2.24, 2.45) is 0 Å². The van der Waals surface area contributed by atoms with Crippen LogP contribution < -0.4 is 0 Å². The lowest BCUT2D eigenvalue weighted by Crippen LogP contribution is -2.26. The van der Waals surface area contributed by atoms with Crippen LogP contribution in [0.15, 0.2) is 52.9 Å². The molecule has 0 saturated carbocycles. The minimum atomic E-state index is -1.08. The van der Waals surface area contributed by atoms with Crippen LogP contribution in [0.3, 0.4) is 0 Å².